The third-order valence-electron chi connectivity index (χ3n) is 4.20. The van der Waals surface area contributed by atoms with Gasteiger partial charge in [0.1, 0.15) is 0 Å². The molecular formula is C13H26N2O3S. The molecule has 0 aromatic rings. The molecule has 2 rings (SSSR count). The van der Waals surface area contributed by atoms with E-state index in [1.54, 1.807) is 4.31 Å². The summed E-state index contributed by atoms with van der Waals surface area (Å²) < 4.78 is 26.7. The molecule has 0 amide bonds. The molecule has 2 aliphatic rings. The molecule has 19 heavy (non-hydrogen) atoms. The van der Waals surface area contributed by atoms with Crippen molar-refractivity contribution in [3.8, 4) is 0 Å². The molecule has 0 radical (unpaired) electrons. The summed E-state index contributed by atoms with van der Waals surface area (Å²) in [6.45, 7) is 1.46. The molecule has 1 aliphatic carbocycles. The van der Waals surface area contributed by atoms with Crippen molar-refractivity contribution in [2.24, 2.45) is 0 Å². The zero-order chi connectivity index (χ0) is 13.7. The zero-order valence-corrected chi connectivity index (χ0v) is 12.4. The van der Waals surface area contributed by atoms with Gasteiger partial charge in [0.25, 0.3) is 0 Å². The van der Waals surface area contributed by atoms with Gasteiger partial charge in [-0.05, 0) is 38.6 Å². The van der Waals surface area contributed by atoms with Crippen molar-refractivity contribution in [1.82, 2.24) is 9.62 Å². The molecule has 0 aromatic carbocycles. The Hall–Kier alpha value is -0.170. The Morgan fingerprint density at radius 2 is 1.95 bits per heavy atom. The number of aliphatic hydroxyl groups is 1. The summed E-state index contributed by atoms with van der Waals surface area (Å²) >= 11 is 0. The van der Waals surface area contributed by atoms with E-state index in [1.807, 2.05) is 0 Å². The average Bonchev–Trinajstić information content (AvgIpc) is 2.32. The van der Waals surface area contributed by atoms with Gasteiger partial charge in [0, 0.05) is 25.2 Å². The molecule has 1 atom stereocenters. The quantitative estimate of drug-likeness (QED) is 0.724. The molecule has 5 nitrogen and oxygen atoms in total. The maximum absolute atomic E-state index is 12.5. The first-order valence-electron chi connectivity index (χ1n) is 7.47. The highest BCUT2D eigenvalue weighted by molar-refractivity contribution is 7.89. The van der Waals surface area contributed by atoms with Crippen LogP contribution in [0.5, 0.6) is 0 Å². The molecule has 112 valence electrons. The van der Waals surface area contributed by atoms with Crippen LogP contribution in [-0.2, 0) is 10.0 Å². The number of aliphatic hydroxyl groups excluding tert-OH is 1. The van der Waals surface area contributed by atoms with Gasteiger partial charge in [-0.15, -0.1) is 0 Å². The summed E-state index contributed by atoms with van der Waals surface area (Å²) in [7, 11) is -3.19. The van der Waals surface area contributed by atoms with Crippen molar-refractivity contribution < 1.29 is 13.5 Å². The van der Waals surface area contributed by atoms with E-state index in [-0.39, 0.29) is 24.4 Å². The summed E-state index contributed by atoms with van der Waals surface area (Å²) in [5, 5.41) is 12.2. The highest BCUT2D eigenvalue weighted by Gasteiger charge is 2.34. The van der Waals surface area contributed by atoms with Gasteiger partial charge in [0.2, 0.25) is 10.0 Å². The number of nitrogens with one attached hydrogen (secondary N) is 1. The van der Waals surface area contributed by atoms with Crippen molar-refractivity contribution in [2.45, 2.75) is 57.0 Å². The van der Waals surface area contributed by atoms with Crippen LogP contribution >= 0.6 is 0 Å². The Kier molecular flexibility index (Phi) is 5.62. The standard InChI is InChI=1S/C13H26N2O3S/c16-10-4-9-15(13-6-3-7-13)19(17,18)11-12-5-1-2-8-14-12/h12-14,16H,1-11H2. The summed E-state index contributed by atoms with van der Waals surface area (Å²) in [5.74, 6) is 0.217. The summed E-state index contributed by atoms with van der Waals surface area (Å²) in [5.41, 5.74) is 0. The third-order valence-corrected chi connectivity index (χ3v) is 6.22. The molecular weight excluding hydrogens is 264 g/mol. The lowest BCUT2D eigenvalue weighted by molar-refractivity contribution is 0.197. The molecule has 2 fully saturated rings. The van der Waals surface area contributed by atoms with Gasteiger partial charge in [0.15, 0.2) is 0 Å². The van der Waals surface area contributed by atoms with E-state index in [1.165, 1.54) is 0 Å². The first-order chi connectivity index (χ1) is 9.13. The second kappa shape index (κ2) is 7.02. The second-order valence-electron chi connectivity index (χ2n) is 5.70. The first-order valence-corrected chi connectivity index (χ1v) is 9.08. The minimum Gasteiger partial charge on any atom is -0.396 e. The van der Waals surface area contributed by atoms with Gasteiger partial charge < -0.3 is 10.4 Å². The van der Waals surface area contributed by atoms with Crippen LogP contribution in [0.15, 0.2) is 0 Å². The van der Waals surface area contributed by atoms with Gasteiger partial charge in [-0.3, -0.25) is 0 Å². The largest absolute Gasteiger partial charge is 0.396 e. The normalized spacial score (nSPS) is 25.5. The zero-order valence-electron chi connectivity index (χ0n) is 11.6. The molecule has 6 heteroatoms. The predicted octanol–water partition coefficient (Wildman–Crippen LogP) is 0.695. The van der Waals surface area contributed by atoms with E-state index in [2.05, 4.69) is 5.32 Å². The van der Waals surface area contributed by atoms with E-state index in [0.717, 1.165) is 45.1 Å². The molecule has 1 saturated carbocycles. The topological polar surface area (TPSA) is 69.6 Å². The van der Waals surface area contributed by atoms with Crippen LogP contribution in [-0.4, -0.2) is 55.4 Å². The van der Waals surface area contributed by atoms with E-state index < -0.39 is 10.0 Å². The number of sulfonamides is 1. The van der Waals surface area contributed by atoms with Crippen LogP contribution in [0.3, 0.4) is 0 Å². The van der Waals surface area contributed by atoms with Crippen LogP contribution in [0, 0.1) is 0 Å². The van der Waals surface area contributed by atoms with Crippen molar-refractivity contribution in [1.29, 1.82) is 0 Å². The molecule has 2 N–H and O–H groups in total. The lowest BCUT2D eigenvalue weighted by Crippen LogP contribution is -2.49. The fraction of sp³-hybridized carbons (Fsp3) is 1.00. The Balaban J connectivity index is 1.96. The minimum atomic E-state index is -3.19. The number of hydrogen-bond acceptors (Lipinski definition) is 4. The smallest absolute Gasteiger partial charge is 0.215 e. The minimum absolute atomic E-state index is 0.0560. The Bertz CT molecular complexity index is 362. The van der Waals surface area contributed by atoms with Gasteiger partial charge in [-0.25, -0.2) is 8.42 Å². The molecule has 0 spiro atoms. The molecule has 1 unspecified atom stereocenters. The van der Waals surface area contributed by atoms with E-state index in [4.69, 9.17) is 5.11 Å². The summed E-state index contributed by atoms with van der Waals surface area (Å²) in [4.78, 5) is 0. The first kappa shape index (κ1) is 15.2. The van der Waals surface area contributed by atoms with Crippen LogP contribution in [0.2, 0.25) is 0 Å². The lowest BCUT2D eigenvalue weighted by Gasteiger charge is -2.37. The highest BCUT2D eigenvalue weighted by Crippen LogP contribution is 2.28. The predicted molar refractivity (Wildman–Crippen MR) is 75.5 cm³/mol. The van der Waals surface area contributed by atoms with Gasteiger partial charge in [-0.1, -0.05) is 12.8 Å². The number of hydrogen-bond donors (Lipinski definition) is 2. The summed E-state index contributed by atoms with van der Waals surface area (Å²) in [6, 6.07) is 0.288. The SMILES string of the molecule is O=S(=O)(CC1CCCCN1)N(CCCO)C1CCC1. The number of nitrogens with zero attached hydrogens (tertiary/aromatic N) is 1. The lowest BCUT2D eigenvalue weighted by atomic mass is 9.93. The fourth-order valence-corrected chi connectivity index (χ4v) is 4.92. The van der Waals surface area contributed by atoms with Crippen LogP contribution < -0.4 is 5.32 Å². The Morgan fingerprint density at radius 1 is 1.16 bits per heavy atom. The average molecular weight is 290 g/mol. The molecule has 1 heterocycles. The fourth-order valence-electron chi connectivity index (χ4n) is 2.87. The second-order valence-corrected chi connectivity index (χ2v) is 7.66. The van der Waals surface area contributed by atoms with Crippen LogP contribution in [0.4, 0.5) is 0 Å². The monoisotopic (exact) mass is 290 g/mol. The van der Waals surface area contributed by atoms with E-state index >= 15 is 0 Å². The van der Waals surface area contributed by atoms with Crippen LogP contribution in [0.1, 0.15) is 44.9 Å². The van der Waals surface area contributed by atoms with Crippen molar-refractivity contribution in [2.75, 3.05) is 25.4 Å². The van der Waals surface area contributed by atoms with Crippen molar-refractivity contribution in [3.63, 3.8) is 0 Å². The Labute approximate surface area is 116 Å². The van der Waals surface area contributed by atoms with Crippen molar-refractivity contribution >= 4 is 10.0 Å². The number of rotatable bonds is 7. The maximum Gasteiger partial charge on any atom is 0.215 e. The molecule has 0 aromatic heterocycles. The number of piperidine rings is 1. The third kappa shape index (κ3) is 4.15. The van der Waals surface area contributed by atoms with E-state index in [9.17, 15) is 8.42 Å². The summed E-state index contributed by atoms with van der Waals surface area (Å²) in [6.07, 6.45) is 6.83. The Morgan fingerprint density at radius 3 is 2.47 bits per heavy atom. The van der Waals surface area contributed by atoms with Gasteiger partial charge in [-0.2, -0.15) is 4.31 Å². The molecule has 1 aliphatic heterocycles. The van der Waals surface area contributed by atoms with Crippen LogP contribution in [0.25, 0.3) is 0 Å². The van der Waals surface area contributed by atoms with Gasteiger partial charge in [0.05, 0.1) is 5.75 Å². The molecule has 0 bridgehead atoms. The molecule has 1 saturated heterocycles. The maximum atomic E-state index is 12.5. The van der Waals surface area contributed by atoms with E-state index in [0.29, 0.717) is 13.0 Å². The van der Waals surface area contributed by atoms with Crippen molar-refractivity contribution in [3.05, 3.63) is 0 Å². The van der Waals surface area contributed by atoms with Gasteiger partial charge >= 0.3 is 0 Å². The highest BCUT2D eigenvalue weighted by atomic mass is 32.2.